The fourth-order valence-corrected chi connectivity index (χ4v) is 3.84. The van der Waals surface area contributed by atoms with Crippen molar-refractivity contribution in [1.82, 2.24) is 14.8 Å². The van der Waals surface area contributed by atoms with Gasteiger partial charge in [-0.1, -0.05) is 0 Å². The average molecular weight is 473 g/mol. The number of thiocarbonyl (C=S) groups is 1. The minimum absolute atomic E-state index is 0.0582. The summed E-state index contributed by atoms with van der Waals surface area (Å²) < 4.78 is 5.11. The molecule has 1 aromatic carbocycles. The van der Waals surface area contributed by atoms with Crippen LogP contribution >= 0.6 is 12.2 Å². The van der Waals surface area contributed by atoms with Crippen molar-refractivity contribution in [3.63, 3.8) is 0 Å². The number of carbonyl (C=O) groups is 2. The van der Waals surface area contributed by atoms with E-state index in [0.29, 0.717) is 42.0 Å². The smallest absolute Gasteiger partial charge is 0.287 e. The normalized spacial score (nSPS) is 15.5. The lowest BCUT2D eigenvalue weighted by atomic mass is 10.1. The van der Waals surface area contributed by atoms with Gasteiger partial charge in [0, 0.05) is 31.4 Å². The molecule has 3 rings (SSSR count). The Morgan fingerprint density at radius 2 is 2.00 bits per heavy atom. The number of rotatable bonds is 10. The second-order valence-corrected chi connectivity index (χ2v) is 7.51. The Labute approximate surface area is 195 Å². The number of benzene rings is 1. The SMILES string of the molecule is CCN1C(=O)[C@H](CC(=O)Nc2ccc(OC)cc2)N(CCNc2ccc([N+](=O)[O-])cn2)C1=S. The van der Waals surface area contributed by atoms with E-state index in [4.69, 9.17) is 17.0 Å². The van der Waals surface area contributed by atoms with Crippen molar-refractivity contribution in [2.75, 3.05) is 37.4 Å². The standard InChI is InChI=1S/C21H24N6O5S/c1-3-25-20(29)17(12-19(28)24-14-4-7-16(32-2)8-5-14)26(21(25)33)11-10-22-18-9-6-15(13-23-18)27(30)31/h4-9,13,17H,3,10-12H2,1-2H3,(H,22,23)(H,24,28)/t17-/m0/s1. The zero-order chi connectivity index (χ0) is 24.0. The molecular formula is C21H24N6O5S. The van der Waals surface area contributed by atoms with Gasteiger partial charge >= 0.3 is 0 Å². The molecule has 0 radical (unpaired) electrons. The quantitative estimate of drug-likeness (QED) is 0.304. The van der Waals surface area contributed by atoms with E-state index in [1.165, 1.54) is 17.0 Å². The summed E-state index contributed by atoms with van der Waals surface area (Å²) in [4.78, 5) is 42.9. The van der Waals surface area contributed by atoms with Gasteiger partial charge in [-0.05, 0) is 49.5 Å². The van der Waals surface area contributed by atoms with Gasteiger partial charge in [0.2, 0.25) is 5.91 Å². The predicted molar refractivity (Wildman–Crippen MR) is 126 cm³/mol. The van der Waals surface area contributed by atoms with Crippen molar-refractivity contribution >= 4 is 46.3 Å². The third-order valence-corrected chi connectivity index (χ3v) is 5.55. The largest absolute Gasteiger partial charge is 0.497 e. The van der Waals surface area contributed by atoms with Crippen LogP contribution in [0, 0.1) is 10.1 Å². The van der Waals surface area contributed by atoms with Crippen LogP contribution in [0.1, 0.15) is 13.3 Å². The fraction of sp³-hybridized carbons (Fsp3) is 0.333. The molecule has 1 aromatic heterocycles. The zero-order valence-electron chi connectivity index (χ0n) is 18.2. The molecule has 0 bridgehead atoms. The molecule has 0 spiro atoms. The van der Waals surface area contributed by atoms with Gasteiger partial charge in [-0.25, -0.2) is 4.98 Å². The Balaban J connectivity index is 1.62. The Morgan fingerprint density at radius 3 is 2.58 bits per heavy atom. The van der Waals surface area contributed by atoms with Gasteiger partial charge in [0.1, 0.15) is 23.8 Å². The molecule has 0 unspecified atom stereocenters. The number of amides is 2. The summed E-state index contributed by atoms with van der Waals surface area (Å²) in [6.45, 7) is 2.94. The lowest BCUT2D eigenvalue weighted by Gasteiger charge is -2.24. The predicted octanol–water partition coefficient (Wildman–Crippen LogP) is 2.26. The van der Waals surface area contributed by atoms with Crippen LogP contribution in [0.3, 0.4) is 0 Å². The molecule has 0 saturated carbocycles. The molecule has 2 N–H and O–H groups in total. The highest BCUT2D eigenvalue weighted by Gasteiger charge is 2.42. The first kappa shape index (κ1) is 23.9. The Kier molecular flexibility index (Phi) is 7.72. The molecule has 12 heteroatoms. The summed E-state index contributed by atoms with van der Waals surface area (Å²) in [6.07, 6.45) is 1.11. The molecule has 11 nitrogen and oxygen atoms in total. The van der Waals surface area contributed by atoms with E-state index in [2.05, 4.69) is 15.6 Å². The number of pyridine rings is 1. The van der Waals surface area contributed by atoms with Crippen molar-refractivity contribution in [1.29, 1.82) is 0 Å². The zero-order valence-corrected chi connectivity index (χ0v) is 19.0. The first-order valence-electron chi connectivity index (χ1n) is 10.2. The van der Waals surface area contributed by atoms with Gasteiger partial charge in [-0.15, -0.1) is 0 Å². The topological polar surface area (TPSA) is 130 Å². The van der Waals surface area contributed by atoms with Crippen molar-refractivity contribution in [3.8, 4) is 5.75 Å². The van der Waals surface area contributed by atoms with Gasteiger partial charge in [-0.3, -0.25) is 24.6 Å². The summed E-state index contributed by atoms with van der Waals surface area (Å²) in [6, 6.07) is 9.03. The number of methoxy groups -OCH3 is 1. The number of ether oxygens (including phenoxy) is 1. The Hall–Kier alpha value is -3.80. The molecule has 2 amide bonds. The maximum atomic E-state index is 12.9. The number of nitrogens with zero attached hydrogens (tertiary/aromatic N) is 4. The van der Waals surface area contributed by atoms with Crippen LogP contribution in [-0.4, -0.2) is 69.4 Å². The van der Waals surface area contributed by atoms with Crippen LogP contribution in [0.2, 0.25) is 0 Å². The molecule has 0 aliphatic carbocycles. The first-order chi connectivity index (χ1) is 15.8. The highest BCUT2D eigenvalue weighted by Crippen LogP contribution is 2.22. The summed E-state index contributed by atoms with van der Waals surface area (Å²) >= 11 is 5.47. The van der Waals surface area contributed by atoms with Gasteiger partial charge in [0.25, 0.3) is 11.6 Å². The number of carbonyl (C=O) groups excluding carboxylic acids is 2. The summed E-state index contributed by atoms with van der Waals surface area (Å²) in [7, 11) is 1.56. The first-order valence-corrected chi connectivity index (χ1v) is 10.6. The highest BCUT2D eigenvalue weighted by molar-refractivity contribution is 7.80. The van der Waals surface area contributed by atoms with E-state index in [0.717, 1.165) is 6.20 Å². The second-order valence-electron chi connectivity index (χ2n) is 7.14. The molecule has 33 heavy (non-hydrogen) atoms. The second kappa shape index (κ2) is 10.7. The lowest BCUT2D eigenvalue weighted by molar-refractivity contribution is -0.385. The van der Waals surface area contributed by atoms with Gasteiger partial charge in [-0.2, -0.15) is 0 Å². The van der Waals surface area contributed by atoms with Crippen LogP contribution < -0.4 is 15.4 Å². The molecule has 2 heterocycles. The van der Waals surface area contributed by atoms with Crippen molar-refractivity contribution in [3.05, 3.63) is 52.7 Å². The van der Waals surface area contributed by atoms with Crippen molar-refractivity contribution in [2.24, 2.45) is 0 Å². The minimum Gasteiger partial charge on any atom is -0.497 e. The number of nitrogens with one attached hydrogen (secondary N) is 2. The molecule has 1 saturated heterocycles. The van der Waals surface area contributed by atoms with E-state index in [1.54, 1.807) is 36.3 Å². The summed E-state index contributed by atoms with van der Waals surface area (Å²) in [5.74, 6) is 0.595. The van der Waals surface area contributed by atoms with Gasteiger partial charge in [0.05, 0.1) is 18.5 Å². The van der Waals surface area contributed by atoms with E-state index in [9.17, 15) is 19.7 Å². The molecule has 174 valence electrons. The van der Waals surface area contributed by atoms with Crippen molar-refractivity contribution in [2.45, 2.75) is 19.4 Å². The van der Waals surface area contributed by atoms with Gasteiger partial charge < -0.3 is 20.3 Å². The number of anilines is 2. The van der Waals surface area contributed by atoms with Gasteiger partial charge in [0.15, 0.2) is 5.11 Å². The monoisotopic (exact) mass is 472 g/mol. The molecule has 1 aliphatic heterocycles. The molecule has 2 aromatic rings. The number of likely N-dealkylation sites (N-methyl/N-ethyl adjacent to an activating group) is 1. The molecular weight excluding hydrogens is 448 g/mol. The third-order valence-electron chi connectivity index (χ3n) is 5.09. The molecule has 1 aliphatic rings. The van der Waals surface area contributed by atoms with Crippen LogP contribution in [0.15, 0.2) is 42.6 Å². The summed E-state index contributed by atoms with van der Waals surface area (Å²) in [5, 5.41) is 17.0. The maximum absolute atomic E-state index is 12.9. The summed E-state index contributed by atoms with van der Waals surface area (Å²) in [5.41, 5.74) is 0.493. The molecule has 1 atom stereocenters. The number of hydrogen-bond acceptors (Lipinski definition) is 8. The van der Waals surface area contributed by atoms with Crippen LogP contribution in [0.25, 0.3) is 0 Å². The number of nitro groups is 1. The van der Waals surface area contributed by atoms with Crippen LogP contribution in [-0.2, 0) is 9.59 Å². The van der Waals surface area contributed by atoms with E-state index in [1.807, 2.05) is 6.92 Å². The van der Waals surface area contributed by atoms with E-state index >= 15 is 0 Å². The lowest BCUT2D eigenvalue weighted by Crippen LogP contribution is -2.40. The Morgan fingerprint density at radius 1 is 1.27 bits per heavy atom. The fourth-order valence-electron chi connectivity index (χ4n) is 3.40. The number of hydrogen-bond donors (Lipinski definition) is 2. The highest BCUT2D eigenvalue weighted by atomic mass is 32.1. The number of aromatic nitrogens is 1. The van der Waals surface area contributed by atoms with Crippen LogP contribution in [0.4, 0.5) is 17.2 Å². The third kappa shape index (κ3) is 5.71. The van der Waals surface area contributed by atoms with E-state index in [-0.39, 0.29) is 23.9 Å². The maximum Gasteiger partial charge on any atom is 0.287 e. The minimum atomic E-state index is -0.720. The molecule has 1 fully saturated rings. The van der Waals surface area contributed by atoms with Crippen molar-refractivity contribution < 1.29 is 19.2 Å². The van der Waals surface area contributed by atoms with E-state index < -0.39 is 11.0 Å². The average Bonchev–Trinajstić information content (AvgIpc) is 3.03. The van der Waals surface area contributed by atoms with Crippen LogP contribution in [0.5, 0.6) is 5.75 Å². The Bertz CT molecular complexity index is 1030.